The molecule has 1 rings (SSSR count). The predicted molar refractivity (Wildman–Crippen MR) is 90.0 cm³/mol. The number of hydrogen-bond donors (Lipinski definition) is 1. The highest BCUT2D eigenvalue weighted by Crippen LogP contribution is 2.16. The van der Waals surface area contributed by atoms with E-state index in [4.69, 9.17) is 5.11 Å². The van der Waals surface area contributed by atoms with E-state index in [1.54, 1.807) is 6.92 Å². The summed E-state index contributed by atoms with van der Waals surface area (Å²) in [6.07, 6.45) is 3.18. The van der Waals surface area contributed by atoms with Crippen LogP contribution >= 0.6 is 0 Å². The summed E-state index contributed by atoms with van der Waals surface area (Å²) in [5.74, 6) is 0.637. The van der Waals surface area contributed by atoms with E-state index in [0.717, 1.165) is 19.5 Å². The van der Waals surface area contributed by atoms with E-state index < -0.39 is 0 Å². The van der Waals surface area contributed by atoms with E-state index >= 15 is 0 Å². The van der Waals surface area contributed by atoms with Gasteiger partial charge in [-0.2, -0.15) is 0 Å². The van der Waals surface area contributed by atoms with Crippen molar-refractivity contribution in [3.05, 3.63) is 0 Å². The lowest BCUT2D eigenvalue weighted by Gasteiger charge is -2.20. The fraction of sp³-hybridized carbons (Fsp3) is 0.882. The third kappa shape index (κ3) is 8.61. The minimum Gasteiger partial charge on any atom is -0.392 e. The molecule has 22 heavy (non-hydrogen) atoms. The Bertz CT molecular complexity index is 332. The van der Waals surface area contributed by atoms with Crippen molar-refractivity contribution in [2.75, 3.05) is 33.2 Å². The number of ketones is 2. The number of carbonyl (C=O) groups excluding carboxylic acids is 2. The molecule has 1 aliphatic rings. The van der Waals surface area contributed by atoms with Gasteiger partial charge in [-0.15, -0.1) is 0 Å². The minimum absolute atomic E-state index is 0.234. The molecule has 0 spiro atoms. The van der Waals surface area contributed by atoms with Gasteiger partial charge < -0.3 is 5.11 Å². The van der Waals surface area contributed by atoms with Crippen LogP contribution in [-0.2, 0) is 9.59 Å². The number of likely N-dealkylation sites (tertiary alicyclic amines) is 1. The van der Waals surface area contributed by atoms with E-state index in [-0.39, 0.29) is 17.9 Å². The van der Waals surface area contributed by atoms with Crippen LogP contribution in [0, 0.1) is 0 Å². The molecule has 1 heterocycles. The normalized spacial score (nSPS) is 19.7. The Morgan fingerprint density at radius 2 is 1.91 bits per heavy atom. The highest BCUT2D eigenvalue weighted by Gasteiger charge is 2.25. The zero-order valence-electron chi connectivity index (χ0n) is 15.0. The molecule has 0 aromatic rings. The van der Waals surface area contributed by atoms with Crippen molar-refractivity contribution >= 4 is 11.6 Å². The number of likely N-dealkylation sites (N-methyl/N-ethyl adjacent to an activating group) is 2. The zero-order valence-corrected chi connectivity index (χ0v) is 15.0. The van der Waals surface area contributed by atoms with Crippen LogP contribution in [0.15, 0.2) is 0 Å². The lowest BCUT2D eigenvalue weighted by molar-refractivity contribution is -0.122. The van der Waals surface area contributed by atoms with Crippen LogP contribution in [0.25, 0.3) is 0 Å². The van der Waals surface area contributed by atoms with E-state index in [0.29, 0.717) is 31.7 Å². The standard InChI is InChI=1S/C9H19NO2.C8H15NO/c1-4-9(12)7-10(5-2)6-8(3)11;1-3-8(10)7-5-4-6-9(7)2/h8,11H,4-7H2,1-3H3;7H,3-6H2,1-2H3. The lowest BCUT2D eigenvalue weighted by Crippen LogP contribution is -2.35. The van der Waals surface area contributed by atoms with E-state index in [1.807, 2.05) is 32.7 Å². The van der Waals surface area contributed by atoms with Crippen LogP contribution in [0.4, 0.5) is 0 Å². The number of aliphatic hydroxyl groups excluding tert-OH is 1. The number of aliphatic hydroxyl groups is 1. The van der Waals surface area contributed by atoms with E-state index in [1.165, 1.54) is 6.42 Å². The topological polar surface area (TPSA) is 60.9 Å². The van der Waals surface area contributed by atoms with Gasteiger partial charge in [0.05, 0.1) is 18.7 Å². The van der Waals surface area contributed by atoms with Crippen LogP contribution in [0.3, 0.4) is 0 Å². The zero-order chi connectivity index (χ0) is 17.1. The highest BCUT2D eigenvalue weighted by molar-refractivity contribution is 5.83. The largest absolute Gasteiger partial charge is 0.392 e. The molecule has 0 saturated carbocycles. The molecule has 0 radical (unpaired) electrons. The Morgan fingerprint density at radius 3 is 2.27 bits per heavy atom. The molecule has 1 aliphatic heterocycles. The first kappa shape index (κ1) is 21.2. The van der Waals surface area contributed by atoms with Crippen molar-refractivity contribution in [2.24, 2.45) is 0 Å². The molecule has 2 atom stereocenters. The van der Waals surface area contributed by atoms with E-state index in [2.05, 4.69) is 4.90 Å². The summed E-state index contributed by atoms with van der Waals surface area (Å²) in [5, 5.41) is 9.09. The third-order valence-electron chi connectivity index (χ3n) is 4.00. The number of Topliss-reactive ketones (excluding diaryl/α,β-unsaturated/α-hetero) is 2. The number of carbonyl (C=O) groups is 2. The molecule has 5 nitrogen and oxygen atoms in total. The van der Waals surface area contributed by atoms with Crippen molar-refractivity contribution in [2.45, 2.75) is 65.5 Å². The van der Waals surface area contributed by atoms with Gasteiger partial charge in [0.25, 0.3) is 0 Å². The first-order valence-corrected chi connectivity index (χ1v) is 8.50. The molecular weight excluding hydrogens is 280 g/mol. The predicted octanol–water partition coefficient (Wildman–Crippen LogP) is 1.73. The summed E-state index contributed by atoms with van der Waals surface area (Å²) < 4.78 is 0. The van der Waals surface area contributed by atoms with Gasteiger partial charge in [0.1, 0.15) is 11.6 Å². The first-order chi connectivity index (χ1) is 10.3. The summed E-state index contributed by atoms with van der Waals surface area (Å²) in [7, 11) is 2.03. The maximum atomic E-state index is 11.2. The minimum atomic E-state index is -0.352. The first-order valence-electron chi connectivity index (χ1n) is 8.50. The van der Waals surface area contributed by atoms with Gasteiger partial charge >= 0.3 is 0 Å². The van der Waals surface area contributed by atoms with Crippen LogP contribution in [0.1, 0.15) is 53.4 Å². The number of rotatable bonds is 8. The second-order valence-electron chi connectivity index (χ2n) is 6.03. The van der Waals surface area contributed by atoms with Gasteiger partial charge in [-0.25, -0.2) is 0 Å². The Morgan fingerprint density at radius 1 is 1.27 bits per heavy atom. The lowest BCUT2D eigenvalue weighted by atomic mass is 10.1. The van der Waals surface area contributed by atoms with Crippen LogP contribution in [-0.4, -0.2) is 71.8 Å². The van der Waals surface area contributed by atoms with Crippen molar-refractivity contribution in [3.8, 4) is 0 Å². The van der Waals surface area contributed by atoms with Crippen molar-refractivity contribution in [3.63, 3.8) is 0 Å². The molecule has 0 aromatic heterocycles. The van der Waals surface area contributed by atoms with Gasteiger partial charge in [-0.05, 0) is 39.9 Å². The van der Waals surface area contributed by atoms with Gasteiger partial charge in [-0.3, -0.25) is 19.4 Å². The molecule has 0 bridgehead atoms. The SMILES string of the molecule is CCC(=O)C1CCCN1C.CCC(=O)CN(CC)CC(C)O. The van der Waals surface area contributed by atoms with E-state index in [9.17, 15) is 9.59 Å². The van der Waals surface area contributed by atoms with Gasteiger partial charge in [0.2, 0.25) is 0 Å². The number of hydrogen-bond acceptors (Lipinski definition) is 5. The molecule has 130 valence electrons. The Kier molecular flexibility index (Phi) is 11.3. The van der Waals surface area contributed by atoms with Gasteiger partial charge in [0.15, 0.2) is 0 Å². The second kappa shape index (κ2) is 11.7. The molecule has 0 aromatic carbocycles. The smallest absolute Gasteiger partial charge is 0.149 e. The molecule has 2 unspecified atom stereocenters. The molecule has 1 N–H and O–H groups in total. The quantitative estimate of drug-likeness (QED) is 0.739. The Hall–Kier alpha value is -0.780. The second-order valence-corrected chi connectivity index (χ2v) is 6.03. The maximum absolute atomic E-state index is 11.2. The Balaban J connectivity index is 0.000000406. The fourth-order valence-corrected chi connectivity index (χ4v) is 2.59. The van der Waals surface area contributed by atoms with Crippen LogP contribution in [0.5, 0.6) is 0 Å². The van der Waals surface area contributed by atoms with Crippen molar-refractivity contribution in [1.29, 1.82) is 0 Å². The average Bonchev–Trinajstić information content (AvgIpc) is 2.91. The summed E-state index contributed by atoms with van der Waals surface area (Å²) >= 11 is 0. The highest BCUT2D eigenvalue weighted by atomic mass is 16.3. The molecule has 1 saturated heterocycles. The van der Waals surface area contributed by atoms with Crippen LogP contribution < -0.4 is 0 Å². The fourth-order valence-electron chi connectivity index (χ4n) is 2.59. The molecule has 5 heteroatoms. The average molecular weight is 314 g/mol. The number of nitrogens with zero attached hydrogens (tertiary/aromatic N) is 2. The van der Waals surface area contributed by atoms with Crippen molar-refractivity contribution < 1.29 is 14.7 Å². The Labute approximate surface area is 135 Å². The van der Waals surface area contributed by atoms with Crippen molar-refractivity contribution in [1.82, 2.24) is 9.80 Å². The van der Waals surface area contributed by atoms with Gasteiger partial charge in [-0.1, -0.05) is 20.8 Å². The third-order valence-corrected chi connectivity index (χ3v) is 4.00. The van der Waals surface area contributed by atoms with Gasteiger partial charge in [0, 0.05) is 19.4 Å². The van der Waals surface area contributed by atoms with Crippen LogP contribution in [0.2, 0.25) is 0 Å². The maximum Gasteiger partial charge on any atom is 0.149 e. The summed E-state index contributed by atoms with van der Waals surface area (Å²) in [5.41, 5.74) is 0. The monoisotopic (exact) mass is 314 g/mol. The summed E-state index contributed by atoms with van der Waals surface area (Å²) in [4.78, 5) is 26.3. The molecule has 0 aliphatic carbocycles. The molecule has 0 amide bonds. The molecule has 1 fully saturated rings. The molecular formula is C17H34N2O3. The summed E-state index contributed by atoms with van der Waals surface area (Å²) in [6.45, 7) is 10.5. The summed E-state index contributed by atoms with van der Waals surface area (Å²) in [6, 6.07) is 0.241.